The van der Waals surface area contributed by atoms with Crippen LogP contribution < -0.4 is 5.32 Å². The van der Waals surface area contributed by atoms with Gasteiger partial charge in [-0.15, -0.1) is 0 Å². The lowest BCUT2D eigenvalue weighted by atomic mass is 9.79. The molecule has 110 valence electrons. The molecule has 1 aliphatic rings. The standard InChI is InChI=1S/C15H20FNO3/c1-10-4-3-7-15(20,8-10)9-17-14(19)13-11(16)5-2-6-12(13)18/h2,5-6,10,18,20H,3-4,7-9H2,1H3,(H,17,19). The maximum absolute atomic E-state index is 13.5. The number of halogens is 1. The Hall–Kier alpha value is -1.62. The van der Waals surface area contributed by atoms with Crippen LogP contribution in [0.3, 0.4) is 0 Å². The second kappa shape index (κ2) is 5.79. The molecule has 0 radical (unpaired) electrons. The summed E-state index contributed by atoms with van der Waals surface area (Å²) < 4.78 is 13.5. The number of phenols is 1. The normalized spacial score (nSPS) is 26.2. The van der Waals surface area contributed by atoms with Gasteiger partial charge in [-0.05, 0) is 30.9 Å². The van der Waals surface area contributed by atoms with Crippen molar-refractivity contribution in [3.63, 3.8) is 0 Å². The molecule has 1 aliphatic carbocycles. The molecule has 1 amide bonds. The van der Waals surface area contributed by atoms with Crippen molar-refractivity contribution in [3.8, 4) is 5.75 Å². The lowest BCUT2D eigenvalue weighted by molar-refractivity contribution is -0.0110. The van der Waals surface area contributed by atoms with Crippen LogP contribution in [0.1, 0.15) is 43.0 Å². The van der Waals surface area contributed by atoms with E-state index in [0.717, 1.165) is 18.9 Å². The average Bonchev–Trinajstić information content (AvgIpc) is 2.36. The first-order chi connectivity index (χ1) is 9.41. The van der Waals surface area contributed by atoms with Crippen molar-refractivity contribution < 1.29 is 19.4 Å². The van der Waals surface area contributed by atoms with E-state index in [-0.39, 0.29) is 12.1 Å². The van der Waals surface area contributed by atoms with Gasteiger partial charge in [0.2, 0.25) is 0 Å². The van der Waals surface area contributed by atoms with Crippen LogP contribution in [0, 0.1) is 11.7 Å². The second-order valence-electron chi connectivity index (χ2n) is 5.74. The number of rotatable bonds is 3. The van der Waals surface area contributed by atoms with Gasteiger partial charge in [0.05, 0.1) is 5.60 Å². The highest BCUT2D eigenvalue weighted by molar-refractivity contribution is 5.97. The fraction of sp³-hybridized carbons (Fsp3) is 0.533. The van der Waals surface area contributed by atoms with Crippen LogP contribution in [0.15, 0.2) is 18.2 Å². The van der Waals surface area contributed by atoms with Crippen molar-refractivity contribution >= 4 is 5.91 Å². The molecule has 4 nitrogen and oxygen atoms in total. The van der Waals surface area contributed by atoms with Crippen molar-refractivity contribution in [3.05, 3.63) is 29.6 Å². The lowest BCUT2D eigenvalue weighted by Gasteiger charge is -2.35. The maximum atomic E-state index is 13.5. The van der Waals surface area contributed by atoms with Gasteiger partial charge in [0.15, 0.2) is 0 Å². The van der Waals surface area contributed by atoms with Crippen LogP contribution in [0.2, 0.25) is 0 Å². The first-order valence-electron chi connectivity index (χ1n) is 6.89. The van der Waals surface area contributed by atoms with Gasteiger partial charge in [-0.25, -0.2) is 4.39 Å². The molecule has 2 unspecified atom stereocenters. The molecule has 1 aromatic rings. The number of amides is 1. The number of carbonyl (C=O) groups is 1. The Balaban J connectivity index is 2.02. The minimum absolute atomic E-state index is 0.0734. The molecular formula is C15H20FNO3. The molecule has 0 aromatic heterocycles. The summed E-state index contributed by atoms with van der Waals surface area (Å²) >= 11 is 0. The third-order valence-corrected chi connectivity index (χ3v) is 3.86. The van der Waals surface area contributed by atoms with Gasteiger partial charge >= 0.3 is 0 Å². The Kier molecular flexibility index (Phi) is 4.28. The van der Waals surface area contributed by atoms with E-state index >= 15 is 0 Å². The summed E-state index contributed by atoms with van der Waals surface area (Å²) in [7, 11) is 0. The maximum Gasteiger partial charge on any atom is 0.258 e. The molecule has 2 rings (SSSR count). The van der Waals surface area contributed by atoms with E-state index in [4.69, 9.17) is 0 Å². The Morgan fingerprint density at radius 1 is 1.55 bits per heavy atom. The highest BCUT2D eigenvalue weighted by Crippen LogP contribution is 2.31. The zero-order valence-corrected chi connectivity index (χ0v) is 11.5. The summed E-state index contributed by atoms with van der Waals surface area (Å²) in [6.07, 6.45) is 3.24. The third-order valence-electron chi connectivity index (χ3n) is 3.86. The number of aromatic hydroxyl groups is 1. The Morgan fingerprint density at radius 2 is 2.30 bits per heavy atom. The fourth-order valence-electron chi connectivity index (χ4n) is 2.86. The molecule has 0 bridgehead atoms. The number of hydrogen-bond donors (Lipinski definition) is 3. The van der Waals surface area contributed by atoms with Crippen molar-refractivity contribution in [2.45, 2.75) is 38.2 Å². The molecular weight excluding hydrogens is 261 g/mol. The minimum Gasteiger partial charge on any atom is -0.507 e. The van der Waals surface area contributed by atoms with E-state index in [1.165, 1.54) is 12.1 Å². The van der Waals surface area contributed by atoms with Crippen molar-refractivity contribution in [1.82, 2.24) is 5.32 Å². The highest BCUT2D eigenvalue weighted by Gasteiger charge is 2.33. The molecule has 1 fully saturated rings. The predicted octanol–water partition coefficient (Wildman–Crippen LogP) is 2.20. The molecule has 2 atom stereocenters. The lowest BCUT2D eigenvalue weighted by Crippen LogP contribution is -2.45. The van der Waals surface area contributed by atoms with Gasteiger partial charge in [-0.3, -0.25) is 4.79 Å². The van der Waals surface area contributed by atoms with Crippen LogP contribution in [0.5, 0.6) is 5.75 Å². The summed E-state index contributed by atoms with van der Waals surface area (Å²) in [5, 5.41) is 22.5. The van der Waals surface area contributed by atoms with Gasteiger partial charge in [0, 0.05) is 6.54 Å². The van der Waals surface area contributed by atoms with Gasteiger partial charge in [0.1, 0.15) is 17.1 Å². The van der Waals surface area contributed by atoms with Crippen molar-refractivity contribution in [1.29, 1.82) is 0 Å². The Morgan fingerprint density at radius 3 is 2.95 bits per heavy atom. The largest absolute Gasteiger partial charge is 0.507 e. The fourth-order valence-corrected chi connectivity index (χ4v) is 2.86. The predicted molar refractivity (Wildman–Crippen MR) is 73.0 cm³/mol. The van der Waals surface area contributed by atoms with Crippen LogP contribution in [0.4, 0.5) is 4.39 Å². The van der Waals surface area contributed by atoms with E-state index in [2.05, 4.69) is 12.2 Å². The van der Waals surface area contributed by atoms with Gasteiger partial charge in [0.25, 0.3) is 5.91 Å². The number of benzene rings is 1. The van der Waals surface area contributed by atoms with E-state index in [1.54, 1.807) is 0 Å². The van der Waals surface area contributed by atoms with E-state index in [1.807, 2.05) is 0 Å². The van der Waals surface area contributed by atoms with Crippen LogP contribution >= 0.6 is 0 Å². The monoisotopic (exact) mass is 281 g/mol. The summed E-state index contributed by atoms with van der Waals surface area (Å²) in [6, 6.07) is 3.71. The van der Waals surface area contributed by atoms with Gasteiger partial charge in [-0.1, -0.05) is 25.8 Å². The average molecular weight is 281 g/mol. The molecule has 3 N–H and O–H groups in total. The molecule has 0 spiro atoms. The zero-order valence-electron chi connectivity index (χ0n) is 11.5. The first-order valence-corrected chi connectivity index (χ1v) is 6.89. The summed E-state index contributed by atoms with van der Waals surface area (Å²) in [5.74, 6) is -1.46. The highest BCUT2D eigenvalue weighted by atomic mass is 19.1. The minimum atomic E-state index is -0.936. The van der Waals surface area contributed by atoms with Crippen LogP contribution in [-0.4, -0.2) is 28.3 Å². The molecule has 1 aromatic carbocycles. The van der Waals surface area contributed by atoms with E-state index < -0.39 is 23.1 Å². The number of aliphatic hydroxyl groups is 1. The SMILES string of the molecule is CC1CCCC(O)(CNC(=O)c2c(O)cccc2F)C1. The summed E-state index contributed by atoms with van der Waals surface area (Å²) in [5.41, 5.74) is -1.31. The summed E-state index contributed by atoms with van der Waals surface area (Å²) in [4.78, 5) is 11.9. The van der Waals surface area contributed by atoms with Gasteiger partial charge in [-0.2, -0.15) is 0 Å². The zero-order chi connectivity index (χ0) is 14.8. The molecule has 0 heterocycles. The van der Waals surface area contributed by atoms with E-state index in [0.29, 0.717) is 18.8 Å². The van der Waals surface area contributed by atoms with Crippen molar-refractivity contribution in [2.24, 2.45) is 5.92 Å². The second-order valence-corrected chi connectivity index (χ2v) is 5.74. The molecule has 5 heteroatoms. The number of phenolic OH excluding ortho intramolecular Hbond substituents is 1. The first kappa shape index (κ1) is 14.8. The smallest absolute Gasteiger partial charge is 0.258 e. The van der Waals surface area contributed by atoms with Crippen LogP contribution in [-0.2, 0) is 0 Å². The summed E-state index contributed by atoms with van der Waals surface area (Å²) in [6.45, 7) is 2.14. The number of nitrogens with one attached hydrogen (secondary N) is 1. The molecule has 1 saturated carbocycles. The molecule has 0 aliphatic heterocycles. The Bertz CT molecular complexity index is 486. The van der Waals surface area contributed by atoms with Crippen LogP contribution in [0.25, 0.3) is 0 Å². The van der Waals surface area contributed by atoms with E-state index in [9.17, 15) is 19.4 Å². The topological polar surface area (TPSA) is 69.6 Å². The molecule has 0 saturated heterocycles. The van der Waals surface area contributed by atoms with Crippen molar-refractivity contribution in [2.75, 3.05) is 6.54 Å². The number of carbonyl (C=O) groups excluding carboxylic acids is 1. The third kappa shape index (κ3) is 3.28. The van der Waals surface area contributed by atoms with Gasteiger partial charge < -0.3 is 15.5 Å². The molecule has 20 heavy (non-hydrogen) atoms. The number of hydrogen-bond acceptors (Lipinski definition) is 3. The quantitative estimate of drug-likeness (QED) is 0.795. The Labute approximate surface area is 117 Å².